The fraction of sp³-hybridized carbons (Fsp3) is 0.588. The first kappa shape index (κ1) is 20.0. The second-order valence-electron chi connectivity index (χ2n) is 6.23. The van der Waals surface area contributed by atoms with E-state index in [1.807, 2.05) is 0 Å². The van der Waals surface area contributed by atoms with Gasteiger partial charge >= 0.3 is 0 Å². The Morgan fingerprint density at radius 3 is 2.60 bits per heavy atom. The summed E-state index contributed by atoms with van der Waals surface area (Å²) in [4.78, 5) is 11.4. The number of hydrogen-bond donors (Lipinski definition) is 1. The van der Waals surface area contributed by atoms with Crippen molar-refractivity contribution < 1.29 is 17.9 Å². The number of nitrogens with zero attached hydrogens (tertiary/aromatic N) is 1. The van der Waals surface area contributed by atoms with Crippen LogP contribution in [-0.4, -0.2) is 38.3 Å². The number of nitrogens with two attached hydrogens (primary N) is 1. The van der Waals surface area contributed by atoms with Crippen molar-refractivity contribution >= 4 is 27.5 Å². The largest absolute Gasteiger partial charge is 0.492 e. The molecule has 1 heterocycles. The Bertz CT molecular complexity index is 701. The summed E-state index contributed by atoms with van der Waals surface area (Å²) in [6.45, 7) is 3.17. The molecule has 25 heavy (non-hydrogen) atoms. The molecular formula is C17H25ClN2O4S. The number of carbonyl (C=O) groups is 1. The lowest BCUT2D eigenvalue weighted by atomic mass is 9.98. The Labute approximate surface area is 154 Å². The van der Waals surface area contributed by atoms with Gasteiger partial charge in [0.1, 0.15) is 5.75 Å². The third-order valence-corrected chi connectivity index (χ3v) is 6.61. The molecule has 140 valence electrons. The monoisotopic (exact) mass is 388 g/mol. The number of sulfonamides is 1. The first-order chi connectivity index (χ1) is 11.9. The van der Waals surface area contributed by atoms with E-state index in [4.69, 9.17) is 22.1 Å². The summed E-state index contributed by atoms with van der Waals surface area (Å²) in [6.07, 6.45) is 3.91. The van der Waals surface area contributed by atoms with Crippen LogP contribution in [0.2, 0.25) is 5.02 Å². The minimum absolute atomic E-state index is 0.153. The smallest absolute Gasteiger partial charge is 0.243 e. The van der Waals surface area contributed by atoms with E-state index in [9.17, 15) is 13.2 Å². The summed E-state index contributed by atoms with van der Waals surface area (Å²) in [6, 6.07) is 4.50. The van der Waals surface area contributed by atoms with Crippen LogP contribution < -0.4 is 10.5 Å². The molecule has 0 unspecified atom stereocenters. The first-order valence-electron chi connectivity index (χ1n) is 8.58. The second-order valence-corrected chi connectivity index (χ2v) is 8.57. The molecule has 1 aromatic rings. The Morgan fingerprint density at radius 1 is 1.32 bits per heavy atom. The molecule has 6 nitrogen and oxygen atoms in total. The fourth-order valence-electron chi connectivity index (χ4n) is 2.82. The maximum Gasteiger partial charge on any atom is 0.243 e. The van der Waals surface area contributed by atoms with Crippen molar-refractivity contribution in [2.45, 2.75) is 43.9 Å². The van der Waals surface area contributed by atoms with Crippen LogP contribution in [0.1, 0.15) is 39.0 Å². The van der Waals surface area contributed by atoms with E-state index in [-0.39, 0.29) is 29.8 Å². The third-order valence-electron chi connectivity index (χ3n) is 4.40. The molecule has 1 fully saturated rings. The van der Waals surface area contributed by atoms with Gasteiger partial charge in [-0.2, -0.15) is 4.31 Å². The summed E-state index contributed by atoms with van der Waals surface area (Å²) in [5, 5.41) is 0.392. The Morgan fingerprint density at radius 2 is 2.00 bits per heavy atom. The molecule has 1 amide bonds. The maximum atomic E-state index is 12.8. The predicted octanol–water partition coefficient (Wildman–Crippen LogP) is 2.80. The molecule has 0 spiro atoms. The number of ether oxygens (including phenoxy) is 1. The summed E-state index contributed by atoms with van der Waals surface area (Å²) in [5.74, 6) is -0.244. The van der Waals surface area contributed by atoms with E-state index >= 15 is 0 Å². The molecular weight excluding hydrogens is 364 g/mol. The van der Waals surface area contributed by atoms with E-state index in [1.54, 1.807) is 6.07 Å². The van der Waals surface area contributed by atoms with Gasteiger partial charge in [0.15, 0.2) is 0 Å². The molecule has 0 saturated carbocycles. The van der Waals surface area contributed by atoms with Gasteiger partial charge in [0.05, 0.1) is 16.5 Å². The van der Waals surface area contributed by atoms with Gasteiger partial charge in [-0.05, 0) is 31.4 Å². The van der Waals surface area contributed by atoms with Crippen LogP contribution in [0.15, 0.2) is 23.1 Å². The summed E-state index contributed by atoms with van der Waals surface area (Å²) in [5.41, 5.74) is 5.30. The lowest BCUT2D eigenvalue weighted by Gasteiger charge is -2.29. The summed E-state index contributed by atoms with van der Waals surface area (Å²) >= 11 is 6.11. The number of primary amides is 1. The SMILES string of the molecule is CCCCCOc1cc(S(=O)(=O)N2CCC(C(N)=O)CC2)ccc1Cl. The van der Waals surface area contributed by atoms with Crippen LogP contribution in [0.4, 0.5) is 0 Å². The van der Waals surface area contributed by atoms with Gasteiger partial charge < -0.3 is 10.5 Å². The lowest BCUT2D eigenvalue weighted by Crippen LogP contribution is -2.41. The quantitative estimate of drug-likeness (QED) is 0.693. The minimum atomic E-state index is -3.64. The zero-order valence-electron chi connectivity index (χ0n) is 14.4. The van der Waals surface area contributed by atoms with Crippen molar-refractivity contribution in [3.05, 3.63) is 23.2 Å². The van der Waals surface area contributed by atoms with E-state index < -0.39 is 10.0 Å². The molecule has 1 saturated heterocycles. The fourth-order valence-corrected chi connectivity index (χ4v) is 4.48. The molecule has 0 bridgehead atoms. The van der Waals surface area contributed by atoms with E-state index in [0.717, 1.165) is 19.3 Å². The number of amides is 1. The van der Waals surface area contributed by atoms with Crippen molar-refractivity contribution in [3.8, 4) is 5.75 Å². The van der Waals surface area contributed by atoms with Gasteiger partial charge in [0.25, 0.3) is 0 Å². The number of piperidine rings is 1. The normalized spacial score (nSPS) is 16.7. The molecule has 2 rings (SSSR count). The zero-order valence-corrected chi connectivity index (χ0v) is 16.0. The third kappa shape index (κ3) is 5.09. The van der Waals surface area contributed by atoms with Crippen molar-refractivity contribution in [2.75, 3.05) is 19.7 Å². The zero-order chi connectivity index (χ0) is 18.4. The number of unbranched alkanes of at least 4 members (excludes halogenated alkanes) is 2. The highest BCUT2D eigenvalue weighted by Gasteiger charge is 2.31. The van der Waals surface area contributed by atoms with E-state index in [1.165, 1.54) is 16.4 Å². The Hall–Kier alpha value is -1.31. The molecule has 1 aliphatic rings. The van der Waals surface area contributed by atoms with Crippen molar-refractivity contribution in [1.82, 2.24) is 4.31 Å². The van der Waals surface area contributed by atoms with Crippen molar-refractivity contribution in [1.29, 1.82) is 0 Å². The number of rotatable bonds is 8. The standard InChI is InChI=1S/C17H25ClN2O4S/c1-2-3-4-11-24-16-12-14(5-6-15(16)18)25(22,23)20-9-7-13(8-10-20)17(19)21/h5-6,12-13H,2-4,7-11H2,1H3,(H2,19,21). The van der Waals surface area contributed by atoms with Crippen LogP contribution in [0, 0.1) is 5.92 Å². The first-order valence-corrected chi connectivity index (χ1v) is 10.4. The van der Waals surface area contributed by atoms with Gasteiger partial charge in [0, 0.05) is 25.1 Å². The van der Waals surface area contributed by atoms with Crippen molar-refractivity contribution in [3.63, 3.8) is 0 Å². The average Bonchev–Trinajstić information content (AvgIpc) is 2.60. The Kier molecular flexibility index (Phi) is 7.10. The number of hydrogen-bond acceptors (Lipinski definition) is 4. The summed E-state index contributed by atoms with van der Waals surface area (Å²) < 4.78 is 32.6. The summed E-state index contributed by atoms with van der Waals surface area (Å²) in [7, 11) is -3.64. The second kappa shape index (κ2) is 8.87. The van der Waals surface area contributed by atoms with Gasteiger partial charge in [-0.1, -0.05) is 31.4 Å². The number of benzene rings is 1. The van der Waals surface area contributed by atoms with Gasteiger partial charge in [0.2, 0.25) is 15.9 Å². The number of carbonyl (C=O) groups excluding carboxylic acids is 1. The van der Waals surface area contributed by atoms with E-state index in [0.29, 0.717) is 30.2 Å². The molecule has 2 N–H and O–H groups in total. The highest BCUT2D eigenvalue weighted by atomic mass is 35.5. The molecule has 0 atom stereocenters. The number of halogens is 1. The molecule has 0 radical (unpaired) electrons. The topological polar surface area (TPSA) is 89.7 Å². The van der Waals surface area contributed by atoms with Crippen LogP contribution in [0.25, 0.3) is 0 Å². The van der Waals surface area contributed by atoms with Crippen LogP contribution >= 0.6 is 11.6 Å². The molecule has 0 aliphatic carbocycles. The van der Waals surface area contributed by atoms with Crippen LogP contribution in [-0.2, 0) is 14.8 Å². The molecule has 1 aromatic carbocycles. The lowest BCUT2D eigenvalue weighted by molar-refractivity contribution is -0.122. The highest BCUT2D eigenvalue weighted by molar-refractivity contribution is 7.89. The molecule has 8 heteroatoms. The van der Waals surface area contributed by atoms with Gasteiger partial charge in [-0.25, -0.2) is 8.42 Å². The minimum Gasteiger partial charge on any atom is -0.492 e. The highest BCUT2D eigenvalue weighted by Crippen LogP contribution is 2.30. The van der Waals surface area contributed by atoms with Gasteiger partial charge in [-0.3, -0.25) is 4.79 Å². The van der Waals surface area contributed by atoms with Crippen LogP contribution in [0.5, 0.6) is 5.75 Å². The Balaban J connectivity index is 2.10. The average molecular weight is 389 g/mol. The van der Waals surface area contributed by atoms with Crippen LogP contribution in [0.3, 0.4) is 0 Å². The molecule has 1 aliphatic heterocycles. The van der Waals surface area contributed by atoms with Crippen molar-refractivity contribution in [2.24, 2.45) is 11.7 Å². The van der Waals surface area contributed by atoms with E-state index in [2.05, 4.69) is 6.92 Å². The maximum absolute atomic E-state index is 12.8. The molecule has 0 aromatic heterocycles. The van der Waals surface area contributed by atoms with Gasteiger partial charge in [-0.15, -0.1) is 0 Å². The predicted molar refractivity (Wildman–Crippen MR) is 97.1 cm³/mol.